The Kier molecular flexibility index (Phi) is 2.09. The Balaban J connectivity index is 2.83. The molecular formula is C6H6GeN. The van der Waals surface area contributed by atoms with Crippen molar-refractivity contribution in [2.75, 3.05) is 0 Å². The fourth-order valence-corrected chi connectivity index (χ4v) is 0.995. The minimum absolute atomic E-state index is 1.10. The van der Waals surface area contributed by atoms with Crippen LogP contribution in [-0.4, -0.2) is 21.5 Å². The summed E-state index contributed by atoms with van der Waals surface area (Å²) >= 11 is 2.13. The molecule has 1 aromatic rings. The number of rotatable bonds is 1. The van der Waals surface area contributed by atoms with Crippen molar-refractivity contribution in [1.82, 2.24) is 4.98 Å². The average molecular weight is 165 g/mol. The Hall–Kier alpha value is -0.307. The van der Waals surface area contributed by atoms with Crippen molar-refractivity contribution in [3.8, 4) is 0 Å². The zero-order valence-corrected chi connectivity index (χ0v) is 6.56. The zero-order valence-electron chi connectivity index (χ0n) is 4.46. The molecule has 0 unspecified atom stereocenters. The second kappa shape index (κ2) is 2.87. The molecule has 8 heavy (non-hydrogen) atoms. The fourth-order valence-electron chi connectivity index (χ4n) is 0.501. The molecule has 0 aromatic carbocycles. The van der Waals surface area contributed by atoms with Crippen LogP contribution in [0.15, 0.2) is 24.5 Å². The predicted octanol–water partition coefficient (Wildman–Crippen LogP) is 0.750. The Morgan fingerprint density at radius 1 is 1.38 bits per heavy atom. The van der Waals surface area contributed by atoms with Gasteiger partial charge >= 0.3 is 56.8 Å². The number of nitrogens with zero attached hydrogens (tertiary/aromatic N) is 1. The molecule has 3 radical (unpaired) electrons. The third-order valence-corrected chi connectivity index (χ3v) is 1.81. The quantitative estimate of drug-likeness (QED) is 0.559. The van der Waals surface area contributed by atoms with Gasteiger partial charge in [-0.2, -0.15) is 0 Å². The molecule has 0 atom stereocenters. The normalized spacial score (nSPS) is 9.12. The van der Waals surface area contributed by atoms with E-state index in [9.17, 15) is 0 Å². The Labute approximate surface area is 57.4 Å². The summed E-state index contributed by atoms with van der Waals surface area (Å²) in [4.78, 5) is 3.89. The van der Waals surface area contributed by atoms with Gasteiger partial charge in [0.2, 0.25) is 0 Å². The number of aromatic nitrogens is 1. The first kappa shape index (κ1) is 5.82. The van der Waals surface area contributed by atoms with Gasteiger partial charge in [-0.05, 0) is 0 Å². The van der Waals surface area contributed by atoms with Crippen LogP contribution in [0, 0.1) is 0 Å². The molecular weight excluding hydrogens is 159 g/mol. The van der Waals surface area contributed by atoms with Crippen LogP contribution >= 0.6 is 0 Å². The molecule has 0 fully saturated rings. The first-order chi connectivity index (χ1) is 3.93. The van der Waals surface area contributed by atoms with Crippen LogP contribution in [-0.2, 0) is 5.25 Å². The molecule has 1 nitrogen and oxygen atoms in total. The SMILES string of the molecule is [Ge][CH2]c1ccncc1. The molecule has 39 valence electrons. The average Bonchev–Trinajstić information content (AvgIpc) is 1.90. The van der Waals surface area contributed by atoms with Crippen molar-refractivity contribution >= 4 is 16.5 Å². The Morgan fingerprint density at radius 3 is 2.38 bits per heavy atom. The van der Waals surface area contributed by atoms with Crippen LogP contribution in [0.25, 0.3) is 0 Å². The molecule has 1 heterocycles. The third-order valence-electron chi connectivity index (χ3n) is 0.953. The van der Waals surface area contributed by atoms with Crippen molar-refractivity contribution in [2.45, 2.75) is 5.25 Å². The maximum absolute atomic E-state index is 3.89. The summed E-state index contributed by atoms with van der Waals surface area (Å²) < 4.78 is 0. The van der Waals surface area contributed by atoms with E-state index in [2.05, 4.69) is 21.5 Å². The molecule has 2 heteroatoms. The van der Waals surface area contributed by atoms with Crippen LogP contribution in [0.1, 0.15) is 5.56 Å². The van der Waals surface area contributed by atoms with Crippen LogP contribution in [0.5, 0.6) is 0 Å². The summed E-state index contributed by atoms with van der Waals surface area (Å²) in [5.41, 5.74) is 1.35. The van der Waals surface area contributed by atoms with Crippen molar-refractivity contribution in [2.24, 2.45) is 0 Å². The molecule has 0 amide bonds. The van der Waals surface area contributed by atoms with Gasteiger partial charge in [0.15, 0.2) is 0 Å². The van der Waals surface area contributed by atoms with E-state index in [0.717, 1.165) is 5.25 Å². The number of pyridine rings is 1. The molecule has 0 aliphatic rings. The zero-order chi connectivity index (χ0) is 5.82. The molecule has 0 saturated heterocycles. The van der Waals surface area contributed by atoms with E-state index in [0.29, 0.717) is 0 Å². The molecule has 0 saturated carbocycles. The summed E-state index contributed by atoms with van der Waals surface area (Å²) in [5, 5.41) is 1.10. The van der Waals surface area contributed by atoms with E-state index >= 15 is 0 Å². The molecule has 1 rings (SSSR count). The maximum atomic E-state index is 3.89. The second-order valence-corrected chi connectivity index (χ2v) is 2.27. The van der Waals surface area contributed by atoms with Crippen LogP contribution in [0.4, 0.5) is 0 Å². The van der Waals surface area contributed by atoms with Crippen molar-refractivity contribution in [3.05, 3.63) is 30.1 Å². The van der Waals surface area contributed by atoms with E-state index in [1.807, 2.05) is 24.5 Å². The van der Waals surface area contributed by atoms with Gasteiger partial charge in [-0.3, -0.25) is 0 Å². The van der Waals surface area contributed by atoms with Gasteiger partial charge in [-0.15, -0.1) is 0 Å². The first-order valence-corrected chi connectivity index (χ1v) is 3.95. The van der Waals surface area contributed by atoms with Crippen molar-refractivity contribution in [3.63, 3.8) is 0 Å². The van der Waals surface area contributed by atoms with Gasteiger partial charge in [0.25, 0.3) is 0 Å². The summed E-state index contributed by atoms with van der Waals surface area (Å²) in [6, 6.07) is 4.06. The predicted molar refractivity (Wildman–Crippen MR) is 33.7 cm³/mol. The summed E-state index contributed by atoms with van der Waals surface area (Å²) in [7, 11) is 0. The van der Waals surface area contributed by atoms with E-state index in [1.165, 1.54) is 5.56 Å². The van der Waals surface area contributed by atoms with Crippen molar-refractivity contribution < 1.29 is 0 Å². The third kappa shape index (κ3) is 1.33. The summed E-state index contributed by atoms with van der Waals surface area (Å²) in [6.07, 6.45) is 3.64. The van der Waals surface area contributed by atoms with E-state index < -0.39 is 0 Å². The topological polar surface area (TPSA) is 12.9 Å². The molecule has 0 aliphatic heterocycles. The summed E-state index contributed by atoms with van der Waals surface area (Å²) in [6.45, 7) is 0. The van der Waals surface area contributed by atoms with Crippen LogP contribution in [0.2, 0.25) is 0 Å². The van der Waals surface area contributed by atoms with Gasteiger partial charge in [0, 0.05) is 0 Å². The van der Waals surface area contributed by atoms with Crippen LogP contribution < -0.4 is 0 Å². The molecule has 0 aliphatic carbocycles. The van der Waals surface area contributed by atoms with E-state index in [-0.39, 0.29) is 0 Å². The minimum atomic E-state index is 1.10. The Bertz CT molecular complexity index is 150. The van der Waals surface area contributed by atoms with E-state index in [4.69, 9.17) is 0 Å². The van der Waals surface area contributed by atoms with E-state index in [1.54, 1.807) is 0 Å². The van der Waals surface area contributed by atoms with Gasteiger partial charge in [0.05, 0.1) is 0 Å². The molecule has 0 spiro atoms. The molecule has 0 bridgehead atoms. The Morgan fingerprint density at radius 2 is 2.00 bits per heavy atom. The van der Waals surface area contributed by atoms with Gasteiger partial charge in [-0.1, -0.05) is 0 Å². The van der Waals surface area contributed by atoms with Crippen molar-refractivity contribution in [1.29, 1.82) is 0 Å². The summed E-state index contributed by atoms with van der Waals surface area (Å²) in [5.74, 6) is 0. The fraction of sp³-hybridized carbons (Fsp3) is 0.167. The van der Waals surface area contributed by atoms with Crippen LogP contribution in [0.3, 0.4) is 0 Å². The standard InChI is InChI=1S/C6H6GeN/c7-5-6-1-3-8-4-2-6/h1-4H,5H2. The second-order valence-electron chi connectivity index (χ2n) is 1.53. The van der Waals surface area contributed by atoms with Gasteiger partial charge in [-0.25, -0.2) is 0 Å². The van der Waals surface area contributed by atoms with Gasteiger partial charge < -0.3 is 0 Å². The number of hydrogen-bond donors (Lipinski definition) is 0. The number of hydrogen-bond acceptors (Lipinski definition) is 1. The monoisotopic (exact) mass is 166 g/mol. The molecule has 1 aromatic heterocycles. The molecule has 0 N–H and O–H groups in total. The first-order valence-electron chi connectivity index (χ1n) is 2.47. The van der Waals surface area contributed by atoms with Gasteiger partial charge in [0.1, 0.15) is 0 Å².